The number of amides is 1. The molecule has 88 valence electrons. The summed E-state index contributed by atoms with van der Waals surface area (Å²) in [5.74, 6) is -0.853. The fraction of sp³-hybridized carbons (Fsp3) is 0.556. The van der Waals surface area contributed by atoms with E-state index in [1.807, 2.05) is 7.05 Å². The van der Waals surface area contributed by atoms with Crippen LogP contribution < -0.4 is 5.32 Å². The summed E-state index contributed by atoms with van der Waals surface area (Å²) in [6.45, 7) is 2.16. The van der Waals surface area contributed by atoms with E-state index < -0.39 is 11.9 Å². The molecule has 0 fully saturated rings. The zero-order valence-electron chi connectivity index (χ0n) is 9.27. The first-order valence-electron chi connectivity index (χ1n) is 4.93. The van der Waals surface area contributed by atoms with E-state index in [4.69, 9.17) is 0 Å². The van der Waals surface area contributed by atoms with Gasteiger partial charge in [-0.1, -0.05) is 0 Å². The van der Waals surface area contributed by atoms with Crippen LogP contribution in [0.3, 0.4) is 0 Å². The molecule has 7 nitrogen and oxygen atoms in total. The van der Waals surface area contributed by atoms with Crippen LogP contribution in [0.1, 0.15) is 12.7 Å². The summed E-state index contributed by atoms with van der Waals surface area (Å²) in [7, 11) is 1.81. The monoisotopic (exact) mass is 226 g/mol. The Kier molecular flexibility index (Phi) is 4.43. The standard InChI is InChI=1S/C9H14N4O3/c1-3-16-9(15)8(14)10-5-4-7-12-11-6-13(7)2/h6H,3-5H2,1-2H3,(H,10,14). The molecule has 0 radical (unpaired) electrons. The highest BCUT2D eigenvalue weighted by atomic mass is 16.5. The van der Waals surface area contributed by atoms with Gasteiger partial charge in [0.15, 0.2) is 0 Å². The molecule has 1 amide bonds. The van der Waals surface area contributed by atoms with Crippen LogP contribution in [0.25, 0.3) is 0 Å². The van der Waals surface area contributed by atoms with E-state index in [1.54, 1.807) is 17.8 Å². The number of hydrogen-bond donors (Lipinski definition) is 1. The number of nitrogens with one attached hydrogen (secondary N) is 1. The first kappa shape index (κ1) is 12.2. The van der Waals surface area contributed by atoms with E-state index >= 15 is 0 Å². The van der Waals surface area contributed by atoms with Crippen molar-refractivity contribution in [3.8, 4) is 0 Å². The Morgan fingerprint density at radius 1 is 1.56 bits per heavy atom. The van der Waals surface area contributed by atoms with Crippen molar-refractivity contribution in [3.05, 3.63) is 12.2 Å². The molecule has 0 aromatic carbocycles. The first-order valence-corrected chi connectivity index (χ1v) is 4.93. The minimum Gasteiger partial charge on any atom is -0.459 e. The van der Waals surface area contributed by atoms with Gasteiger partial charge in [-0.2, -0.15) is 0 Å². The first-order chi connectivity index (χ1) is 7.65. The van der Waals surface area contributed by atoms with Gasteiger partial charge in [0.1, 0.15) is 12.2 Å². The number of esters is 1. The summed E-state index contributed by atoms with van der Waals surface area (Å²) in [4.78, 5) is 22.1. The summed E-state index contributed by atoms with van der Waals surface area (Å²) >= 11 is 0. The Bertz CT molecular complexity index is 375. The van der Waals surface area contributed by atoms with Crippen molar-refractivity contribution in [1.82, 2.24) is 20.1 Å². The van der Waals surface area contributed by atoms with Gasteiger partial charge in [-0.05, 0) is 6.92 Å². The fourth-order valence-electron chi connectivity index (χ4n) is 1.09. The smallest absolute Gasteiger partial charge is 0.396 e. The molecular weight excluding hydrogens is 212 g/mol. The van der Waals surface area contributed by atoms with E-state index in [0.29, 0.717) is 13.0 Å². The van der Waals surface area contributed by atoms with Gasteiger partial charge < -0.3 is 14.6 Å². The maximum Gasteiger partial charge on any atom is 0.396 e. The molecule has 16 heavy (non-hydrogen) atoms. The Hall–Kier alpha value is -1.92. The molecule has 1 aromatic heterocycles. The predicted octanol–water partition coefficient (Wildman–Crippen LogP) is -0.963. The molecule has 1 rings (SSSR count). The molecule has 7 heteroatoms. The zero-order valence-corrected chi connectivity index (χ0v) is 9.27. The third kappa shape index (κ3) is 3.34. The number of ether oxygens (including phenoxy) is 1. The van der Waals surface area contributed by atoms with Crippen LogP contribution in [0.4, 0.5) is 0 Å². The third-order valence-corrected chi connectivity index (χ3v) is 1.90. The van der Waals surface area contributed by atoms with Gasteiger partial charge in [0.25, 0.3) is 0 Å². The van der Waals surface area contributed by atoms with Crippen LogP contribution >= 0.6 is 0 Å². The largest absolute Gasteiger partial charge is 0.459 e. The number of rotatable bonds is 4. The van der Waals surface area contributed by atoms with E-state index in [-0.39, 0.29) is 6.61 Å². The zero-order chi connectivity index (χ0) is 12.0. The van der Waals surface area contributed by atoms with Crippen LogP contribution in [0.2, 0.25) is 0 Å². The second-order valence-electron chi connectivity index (χ2n) is 3.08. The van der Waals surface area contributed by atoms with Gasteiger partial charge in [-0.25, -0.2) is 4.79 Å². The lowest BCUT2D eigenvalue weighted by molar-refractivity contribution is -0.154. The van der Waals surface area contributed by atoms with Gasteiger partial charge in [-0.3, -0.25) is 4.79 Å². The van der Waals surface area contributed by atoms with Gasteiger partial charge in [0.05, 0.1) is 6.61 Å². The van der Waals surface area contributed by atoms with Crippen LogP contribution in [-0.2, 0) is 27.8 Å². The molecule has 0 aliphatic heterocycles. The van der Waals surface area contributed by atoms with Gasteiger partial charge in [0.2, 0.25) is 0 Å². The lowest BCUT2D eigenvalue weighted by Crippen LogP contribution is -2.34. The summed E-state index contributed by atoms with van der Waals surface area (Å²) in [6.07, 6.45) is 2.09. The fourth-order valence-corrected chi connectivity index (χ4v) is 1.09. The van der Waals surface area contributed by atoms with Gasteiger partial charge in [0, 0.05) is 20.0 Å². The highest BCUT2D eigenvalue weighted by Gasteiger charge is 2.13. The molecule has 0 unspecified atom stereocenters. The number of aryl methyl sites for hydroxylation is 1. The Labute approximate surface area is 92.8 Å². The maximum absolute atomic E-state index is 11.1. The number of nitrogens with zero attached hydrogens (tertiary/aromatic N) is 3. The van der Waals surface area contributed by atoms with E-state index in [9.17, 15) is 9.59 Å². The third-order valence-electron chi connectivity index (χ3n) is 1.90. The minimum absolute atomic E-state index is 0.190. The number of hydrogen-bond acceptors (Lipinski definition) is 5. The summed E-state index contributed by atoms with van der Waals surface area (Å²) in [6, 6.07) is 0. The number of carbonyl (C=O) groups is 2. The molecule has 0 aliphatic rings. The van der Waals surface area contributed by atoms with Crippen molar-refractivity contribution in [2.75, 3.05) is 13.2 Å². The molecular formula is C9H14N4O3. The lowest BCUT2D eigenvalue weighted by atomic mass is 10.4. The molecule has 0 bridgehead atoms. The average molecular weight is 226 g/mol. The van der Waals surface area contributed by atoms with Crippen molar-refractivity contribution < 1.29 is 14.3 Å². The van der Waals surface area contributed by atoms with Crippen LogP contribution in [0.5, 0.6) is 0 Å². The molecule has 0 saturated carbocycles. The maximum atomic E-state index is 11.1. The van der Waals surface area contributed by atoms with Crippen molar-refractivity contribution in [1.29, 1.82) is 0 Å². The molecule has 0 aliphatic carbocycles. The quantitative estimate of drug-likeness (QED) is 0.527. The predicted molar refractivity (Wildman–Crippen MR) is 54.3 cm³/mol. The second kappa shape index (κ2) is 5.84. The average Bonchev–Trinajstić information content (AvgIpc) is 2.65. The molecule has 0 saturated heterocycles. The second-order valence-corrected chi connectivity index (χ2v) is 3.08. The lowest BCUT2D eigenvalue weighted by Gasteiger charge is -2.03. The van der Waals surface area contributed by atoms with Crippen molar-refractivity contribution in [2.24, 2.45) is 7.05 Å². The SMILES string of the molecule is CCOC(=O)C(=O)NCCc1nncn1C. The minimum atomic E-state index is -0.861. The molecule has 1 aromatic rings. The Balaban J connectivity index is 2.28. The van der Waals surface area contributed by atoms with Crippen LogP contribution in [-0.4, -0.2) is 39.8 Å². The Morgan fingerprint density at radius 3 is 2.88 bits per heavy atom. The highest BCUT2D eigenvalue weighted by Crippen LogP contribution is 1.91. The van der Waals surface area contributed by atoms with E-state index in [1.165, 1.54) is 0 Å². The van der Waals surface area contributed by atoms with Crippen LogP contribution in [0, 0.1) is 0 Å². The van der Waals surface area contributed by atoms with Gasteiger partial charge >= 0.3 is 11.9 Å². The number of carbonyl (C=O) groups excluding carboxylic acids is 2. The summed E-state index contributed by atoms with van der Waals surface area (Å²) in [5.41, 5.74) is 0. The van der Waals surface area contributed by atoms with Gasteiger partial charge in [-0.15, -0.1) is 10.2 Å². The van der Waals surface area contributed by atoms with Crippen molar-refractivity contribution >= 4 is 11.9 Å². The van der Waals surface area contributed by atoms with E-state index in [2.05, 4.69) is 20.3 Å². The normalized spacial score (nSPS) is 9.88. The van der Waals surface area contributed by atoms with E-state index in [0.717, 1.165) is 5.82 Å². The van der Waals surface area contributed by atoms with Crippen molar-refractivity contribution in [3.63, 3.8) is 0 Å². The number of aromatic nitrogens is 3. The van der Waals surface area contributed by atoms with Crippen LogP contribution in [0.15, 0.2) is 6.33 Å². The Morgan fingerprint density at radius 2 is 2.31 bits per heavy atom. The molecule has 1 N–H and O–H groups in total. The van der Waals surface area contributed by atoms with Crippen molar-refractivity contribution in [2.45, 2.75) is 13.3 Å². The summed E-state index contributed by atoms with van der Waals surface area (Å²) < 4.78 is 6.28. The topological polar surface area (TPSA) is 86.1 Å². The molecule has 1 heterocycles. The molecule has 0 atom stereocenters. The highest BCUT2D eigenvalue weighted by molar-refractivity contribution is 6.32. The summed E-state index contributed by atoms with van der Waals surface area (Å²) in [5, 5.41) is 9.97. The molecule has 0 spiro atoms.